The van der Waals surface area contributed by atoms with Crippen LogP contribution in [0.4, 0.5) is 0 Å². The van der Waals surface area contributed by atoms with Crippen molar-refractivity contribution < 1.29 is 33.2 Å². The monoisotopic (exact) mass is 226 g/mol. The third-order valence-electron chi connectivity index (χ3n) is 1.04. The van der Waals surface area contributed by atoms with Crippen LogP contribution in [0.2, 0.25) is 0 Å². The number of phosphoric acid groups is 1. The Kier molecular flexibility index (Phi) is 5.56. The van der Waals surface area contributed by atoms with E-state index < -0.39 is 32.6 Å². The van der Waals surface area contributed by atoms with Gasteiger partial charge in [-0.25, -0.2) is 4.57 Å². The molecule has 14 heavy (non-hydrogen) atoms. The van der Waals surface area contributed by atoms with E-state index in [2.05, 4.69) is 9.26 Å². The topological polar surface area (TPSA) is 110 Å². The van der Waals surface area contributed by atoms with Crippen LogP contribution >= 0.6 is 7.82 Å². The SMILES string of the molecule is CCOC(=O)CC(=O)COP(=O)(O)O. The quantitative estimate of drug-likeness (QED) is 0.360. The largest absolute Gasteiger partial charge is 0.470 e. The Hall–Kier alpha value is -0.750. The zero-order valence-corrected chi connectivity index (χ0v) is 8.40. The van der Waals surface area contributed by atoms with E-state index in [1.165, 1.54) is 0 Å². The van der Waals surface area contributed by atoms with E-state index in [1.54, 1.807) is 6.92 Å². The van der Waals surface area contributed by atoms with E-state index in [1.807, 2.05) is 0 Å². The fourth-order valence-electron chi connectivity index (χ4n) is 0.580. The van der Waals surface area contributed by atoms with Crippen LogP contribution in [0.5, 0.6) is 0 Å². The molecule has 0 unspecified atom stereocenters. The zero-order valence-electron chi connectivity index (χ0n) is 7.50. The third kappa shape index (κ3) is 7.88. The van der Waals surface area contributed by atoms with Gasteiger partial charge in [0.15, 0.2) is 5.78 Å². The van der Waals surface area contributed by atoms with Crippen molar-refractivity contribution in [1.82, 2.24) is 0 Å². The van der Waals surface area contributed by atoms with Crippen LogP contribution in [0, 0.1) is 0 Å². The molecule has 0 bridgehead atoms. The van der Waals surface area contributed by atoms with E-state index in [9.17, 15) is 14.2 Å². The standard InChI is InChI=1S/C6H11O7P/c1-2-12-6(8)3-5(7)4-13-14(9,10)11/h2-4H2,1H3,(H2,9,10,11). The second kappa shape index (κ2) is 5.87. The molecule has 7 nitrogen and oxygen atoms in total. The highest BCUT2D eigenvalue weighted by atomic mass is 31.2. The summed E-state index contributed by atoms with van der Waals surface area (Å²) in [5.41, 5.74) is 0. The predicted molar refractivity (Wildman–Crippen MR) is 44.3 cm³/mol. The maximum absolute atomic E-state index is 10.8. The second-order valence-electron chi connectivity index (χ2n) is 2.28. The minimum absolute atomic E-state index is 0.144. The highest BCUT2D eigenvalue weighted by Crippen LogP contribution is 2.35. The Labute approximate surface area is 80.3 Å². The number of esters is 1. The van der Waals surface area contributed by atoms with Gasteiger partial charge in [-0.15, -0.1) is 0 Å². The van der Waals surface area contributed by atoms with Gasteiger partial charge in [0.2, 0.25) is 0 Å². The number of hydrogen-bond donors (Lipinski definition) is 2. The third-order valence-corrected chi connectivity index (χ3v) is 1.51. The van der Waals surface area contributed by atoms with Crippen LogP contribution in [0.25, 0.3) is 0 Å². The summed E-state index contributed by atoms with van der Waals surface area (Å²) in [6, 6.07) is 0. The van der Waals surface area contributed by atoms with Crippen molar-refractivity contribution in [2.24, 2.45) is 0 Å². The fourth-order valence-corrected chi connectivity index (χ4v) is 0.892. The number of ether oxygens (including phenoxy) is 1. The Morgan fingerprint density at radius 2 is 1.93 bits per heavy atom. The maximum atomic E-state index is 10.8. The summed E-state index contributed by atoms with van der Waals surface area (Å²) in [5, 5.41) is 0. The molecule has 2 N–H and O–H groups in total. The molecule has 82 valence electrons. The van der Waals surface area contributed by atoms with Gasteiger partial charge in [0.25, 0.3) is 0 Å². The highest BCUT2D eigenvalue weighted by molar-refractivity contribution is 7.46. The molecular weight excluding hydrogens is 215 g/mol. The maximum Gasteiger partial charge on any atom is 0.470 e. The van der Waals surface area contributed by atoms with Gasteiger partial charge < -0.3 is 14.5 Å². The Bertz CT molecular complexity index is 255. The lowest BCUT2D eigenvalue weighted by Crippen LogP contribution is -2.15. The minimum atomic E-state index is -4.65. The van der Waals surface area contributed by atoms with Gasteiger partial charge in [-0.3, -0.25) is 14.1 Å². The molecule has 8 heteroatoms. The van der Waals surface area contributed by atoms with Crippen LogP contribution < -0.4 is 0 Å². The molecule has 0 aliphatic carbocycles. The van der Waals surface area contributed by atoms with Gasteiger partial charge in [-0.2, -0.15) is 0 Å². The molecule has 0 rings (SSSR count). The summed E-state index contributed by atoms with van der Waals surface area (Å²) < 4.78 is 18.5. The van der Waals surface area contributed by atoms with E-state index in [-0.39, 0.29) is 6.61 Å². The van der Waals surface area contributed by atoms with E-state index in [0.717, 1.165) is 0 Å². The lowest BCUT2D eigenvalue weighted by atomic mass is 10.3. The van der Waals surface area contributed by atoms with Gasteiger partial charge in [0, 0.05) is 0 Å². The molecule has 0 spiro atoms. The molecule has 0 amide bonds. The van der Waals surface area contributed by atoms with Crippen LogP contribution in [-0.2, 0) is 23.4 Å². The molecule has 0 aromatic carbocycles. The lowest BCUT2D eigenvalue weighted by molar-refractivity contribution is -0.146. The molecule has 0 aromatic rings. The van der Waals surface area contributed by atoms with Gasteiger partial charge in [0.05, 0.1) is 6.61 Å². The normalized spacial score (nSPS) is 11.1. The van der Waals surface area contributed by atoms with Crippen molar-refractivity contribution >= 4 is 19.6 Å². The number of hydrogen-bond acceptors (Lipinski definition) is 5. The van der Waals surface area contributed by atoms with Crippen molar-refractivity contribution in [3.05, 3.63) is 0 Å². The number of rotatable bonds is 6. The average Bonchev–Trinajstić information content (AvgIpc) is 2.00. The van der Waals surface area contributed by atoms with Crippen molar-refractivity contribution in [2.45, 2.75) is 13.3 Å². The van der Waals surface area contributed by atoms with Gasteiger partial charge in [-0.1, -0.05) is 0 Å². The molecule has 0 heterocycles. The molecule has 0 fully saturated rings. The highest BCUT2D eigenvalue weighted by Gasteiger charge is 2.18. The minimum Gasteiger partial charge on any atom is -0.466 e. The van der Waals surface area contributed by atoms with Crippen LogP contribution in [0.15, 0.2) is 0 Å². The number of Topliss-reactive ketones (excluding diaryl/α,β-unsaturated/α-hetero) is 1. The van der Waals surface area contributed by atoms with Gasteiger partial charge in [0.1, 0.15) is 13.0 Å². The summed E-state index contributed by atoms with van der Waals surface area (Å²) in [4.78, 5) is 37.9. The average molecular weight is 226 g/mol. The fraction of sp³-hybridized carbons (Fsp3) is 0.667. The Balaban J connectivity index is 3.77. The lowest BCUT2D eigenvalue weighted by Gasteiger charge is -2.03. The van der Waals surface area contributed by atoms with E-state index in [0.29, 0.717) is 0 Å². The molecule has 0 aliphatic rings. The predicted octanol–water partition coefficient (Wildman–Crippen LogP) is -0.382. The molecular formula is C6H11O7P. The molecule has 0 radical (unpaired) electrons. The first-order valence-electron chi connectivity index (χ1n) is 3.72. The second-order valence-corrected chi connectivity index (χ2v) is 3.52. The summed E-state index contributed by atoms with van der Waals surface area (Å²) in [6.07, 6.45) is -0.548. The van der Waals surface area contributed by atoms with Crippen molar-refractivity contribution in [2.75, 3.05) is 13.2 Å². The van der Waals surface area contributed by atoms with Gasteiger partial charge >= 0.3 is 13.8 Å². The molecule has 0 aromatic heterocycles. The van der Waals surface area contributed by atoms with Crippen molar-refractivity contribution in [1.29, 1.82) is 0 Å². The number of carbonyl (C=O) groups excluding carboxylic acids is 2. The zero-order chi connectivity index (χ0) is 11.2. The first-order valence-corrected chi connectivity index (χ1v) is 5.25. The van der Waals surface area contributed by atoms with Crippen molar-refractivity contribution in [3.63, 3.8) is 0 Å². The summed E-state index contributed by atoms with van der Waals surface area (Å²) in [5.74, 6) is -1.49. The van der Waals surface area contributed by atoms with Crippen LogP contribution in [0.3, 0.4) is 0 Å². The molecule has 0 atom stereocenters. The van der Waals surface area contributed by atoms with Crippen LogP contribution in [-0.4, -0.2) is 34.8 Å². The smallest absolute Gasteiger partial charge is 0.466 e. The first kappa shape index (κ1) is 13.2. The summed E-state index contributed by atoms with van der Waals surface area (Å²) >= 11 is 0. The molecule has 0 saturated heterocycles. The molecule has 0 aliphatic heterocycles. The van der Waals surface area contributed by atoms with E-state index >= 15 is 0 Å². The van der Waals surface area contributed by atoms with Gasteiger partial charge in [-0.05, 0) is 6.92 Å². The van der Waals surface area contributed by atoms with Crippen molar-refractivity contribution in [3.8, 4) is 0 Å². The number of phosphoric ester groups is 1. The Morgan fingerprint density at radius 3 is 2.36 bits per heavy atom. The Morgan fingerprint density at radius 1 is 1.36 bits per heavy atom. The molecule has 0 saturated carbocycles. The summed E-state index contributed by atoms with van der Waals surface area (Å²) in [6.45, 7) is 0.920. The van der Waals surface area contributed by atoms with Crippen LogP contribution in [0.1, 0.15) is 13.3 Å². The first-order chi connectivity index (χ1) is 6.35. The number of ketones is 1. The summed E-state index contributed by atoms with van der Waals surface area (Å²) in [7, 11) is -4.65. The van der Waals surface area contributed by atoms with E-state index in [4.69, 9.17) is 9.79 Å². The number of carbonyl (C=O) groups is 2.